The van der Waals surface area contributed by atoms with Gasteiger partial charge in [-0.15, -0.1) is 0 Å². The lowest BCUT2D eigenvalue weighted by Gasteiger charge is -2.13. The van der Waals surface area contributed by atoms with E-state index in [4.69, 9.17) is 0 Å². The Bertz CT molecular complexity index is 487. The Kier molecular flexibility index (Phi) is 4.04. The second-order valence-corrected chi connectivity index (χ2v) is 6.56. The third-order valence-electron chi connectivity index (χ3n) is 3.35. The largest absolute Gasteiger partial charge is 0.389 e. The molecule has 0 aromatic heterocycles. The highest BCUT2D eigenvalue weighted by molar-refractivity contribution is 7.89. The highest BCUT2D eigenvalue weighted by atomic mass is 32.2. The van der Waals surface area contributed by atoms with Crippen molar-refractivity contribution in [2.45, 2.75) is 49.6 Å². The third kappa shape index (κ3) is 3.10. The summed E-state index contributed by atoms with van der Waals surface area (Å²) in [4.78, 5) is 0.263. The predicted molar refractivity (Wildman–Crippen MR) is 69.7 cm³/mol. The highest BCUT2D eigenvalue weighted by Gasteiger charge is 2.22. The van der Waals surface area contributed by atoms with Crippen LogP contribution in [0, 0.1) is 0 Å². The molecule has 0 radical (unpaired) electrons. The van der Waals surface area contributed by atoms with Crippen LogP contribution in [0.1, 0.15) is 44.3 Å². The molecule has 18 heavy (non-hydrogen) atoms. The molecule has 1 aliphatic carbocycles. The van der Waals surface area contributed by atoms with E-state index < -0.39 is 16.1 Å². The van der Waals surface area contributed by atoms with Crippen LogP contribution in [0.15, 0.2) is 29.2 Å². The van der Waals surface area contributed by atoms with Crippen molar-refractivity contribution in [1.82, 2.24) is 4.72 Å². The number of hydrogen-bond donors (Lipinski definition) is 2. The number of aliphatic hydroxyl groups is 1. The molecule has 1 atom stereocenters. The fraction of sp³-hybridized carbons (Fsp3) is 0.538. The Morgan fingerprint density at radius 2 is 1.78 bits per heavy atom. The number of aliphatic hydroxyl groups excluding tert-OH is 1. The van der Waals surface area contributed by atoms with Gasteiger partial charge in [0.15, 0.2) is 0 Å². The first-order chi connectivity index (χ1) is 8.49. The van der Waals surface area contributed by atoms with Crippen LogP contribution < -0.4 is 4.72 Å². The van der Waals surface area contributed by atoms with Gasteiger partial charge in [0, 0.05) is 6.04 Å². The van der Waals surface area contributed by atoms with Crippen molar-refractivity contribution in [1.29, 1.82) is 0 Å². The standard InChI is InChI=1S/C13H19NO3S/c1-10(15)11-6-8-13(9-7-11)18(16,17)14-12-4-2-3-5-12/h6-10,12,14-15H,2-5H2,1H3. The predicted octanol–water partition coefficient (Wildman–Crippen LogP) is 1.96. The monoisotopic (exact) mass is 269 g/mol. The Morgan fingerprint density at radius 3 is 2.28 bits per heavy atom. The Labute approximate surface area is 108 Å². The Morgan fingerprint density at radius 1 is 1.22 bits per heavy atom. The molecule has 0 aliphatic heterocycles. The van der Waals surface area contributed by atoms with Crippen LogP contribution in [0.4, 0.5) is 0 Å². The molecule has 0 saturated heterocycles. The summed E-state index contributed by atoms with van der Waals surface area (Å²) in [6, 6.07) is 6.45. The van der Waals surface area contributed by atoms with Crippen molar-refractivity contribution < 1.29 is 13.5 Å². The maximum atomic E-state index is 12.1. The second-order valence-electron chi connectivity index (χ2n) is 4.85. The molecule has 0 heterocycles. The van der Waals surface area contributed by atoms with E-state index in [1.54, 1.807) is 31.2 Å². The molecule has 0 spiro atoms. The first-order valence-corrected chi connectivity index (χ1v) is 7.78. The van der Waals surface area contributed by atoms with Gasteiger partial charge in [-0.3, -0.25) is 0 Å². The molecular weight excluding hydrogens is 250 g/mol. The molecule has 5 heteroatoms. The van der Waals surface area contributed by atoms with E-state index in [1.807, 2.05) is 0 Å². The minimum Gasteiger partial charge on any atom is -0.389 e. The van der Waals surface area contributed by atoms with Crippen LogP contribution in [0.25, 0.3) is 0 Å². The van der Waals surface area contributed by atoms with Crippen LogP contribution in [0.2, 0.25) is 0 Å². The molecule has 0 bridgehead atoms. The summed E-state index contributed by atoms with van der Waals surface area (Å²) in [6.07, 6.45) is 3.45. The van der Waals surface area contributed by atoms with E-state index in [0.717, 1.165) is 31.2 Å². The number of rotatable bonds is 4. The molecule has 1 saturated carbocycles. The zero-order valence-corrected chi connectivity index (χ0v) is 11.3. The molecule has 1 aliphatic rings. The van der Waals surface area contributed by atoms with Gasteiger partial charge in [-0.05, 0) is 37.5 Å². The molecule has 1 unspecified atom stereocenters. The molecular formula is C13H19NO3S. The molecule has 0 amide bonds. The van der Waals surface area contributed by atoms with E-state index in [0.29, 0.717) is 0 Å². The second kappa shape index (κ2) is 5.38. The summed E-state index contributed by atoms with van der Waals surface area (Å²) in [6.45, 7) is 1.65. The fourth-order valence-electron chi connectivity index (χ4n) is 2.26. The van der Waals surface area contributed by atoms with Gasteiger partial charge in [0.25, 0.3) is 0 Å². The zero-order chi connectivity index (χ0) is 13.2. The molecule has 100 valence electrons. The quantitative estimate of drug-likeness (QED) is 0.878. The average Bonchev–Trinajstić information content (AvgIpc) is 2.81. The van der Waals surface area contributed by atoms with E-state index >= 15 is 0 Å². The number of sulfonamides is 1. The Hall–Kier alpha value is -0.910. The van der Waals surface area contributed by atoms with Crippen molar-refractivity contribution in [3.8, 4) is 0 Å². The van der Waals surface area contributed by atoms with Gasteiger partial charge in [-0.1, -0.05) is 25.0 Å². The van der Waals surface area contributed by atoms with E-state index in [2.05, 4.69) is 4.72 Å². The first-order valence-electron chi connectivity index (χ1n) is 6.29. The topological polar surface area (TPSA) is 66.4 Å². The molecule has 1 aromatic carbocycles. The number of hydrogen-bond acceptors (Lipinski definition) is 3. The smallest absolute Gasteiger partial charge is 0.240 e. The van der Waals surface area contributed by atoms with Crippen molar-refractivity contribution in [2.24, 2.45) is 0 Å². The van der Waals surface area contributed by atoms with Crippen LogP contribution >= 0.6 is 0 Å². The zero-order valence-electron chi connectivity index (χ0n) is 10.5. The third-order valence-corrected chi connectivity index (χ3v) is 4.89. The van der Waals surface area contributed by atoms with Gasteiger partial charge < -0.3 is 5.11 Å². The molecule has 1 aromatic rings. The van der Waals surface area contributed by atoms with E-state index in [1.165, 1.54) is 0 Å². The summed E-state index contributed by atoms with van der Waals surface area (Å²) < 4.78 is 26.9. The highest BCUT2D eigenvalue weighted by Crippen LogP contribution is 2.21. The van der Waals surface area contributed by atoms with Crippen molar-refractivity contribution in [3.05, 3.63) is 29.8 Å². The summed E-state index contributed by atoms with van der Waals surface area (Å²) in [5.41, 5.74) is 0.717. The number of benzene rings is 1. The summed E-state index contributed by atoms with van der Waals surface area (Å²) in [5.74, 6) is 0. The van der Waals surface area contributed by atoms with Crippen molar-refractivity contribution >= 4 is 10.0 Å². The normalized spacial score (nSPS) is 19.0. The maximum absolute atomic E-state index is 12.1. The fourth-order valence-corrected chi connectivity index (χ4v) is 3.56. The van der Waals surface area contributed by atoms with Crippen LogP contribution in [0.5, 0.6) is 0 Å². The van der Waals surface area contributed by atoms with Crippen molar-refractivity contribution in [2.75, 3.05) is 0 Å². The van der Waals surface area contributed by atoms with Crippen molar-refractivity contribution in [3.63, 3.8) is 0 Å². The lowest BCUT2D eigenvalue weighted by atomic mass is 10.1. The van der Waals surface area contributed by atoms with Gasteiger partial charge in [0.2, 0.25) is 10.0 Å². The SMILES string of the molecule is CC(O)c1ccc(S(=O)(=O)NC2CCCC2)cc1. The minimum atomic E-state index is -3.42. The summed E-state index contributed by atoms with van der Waals surface area (Å²) >= 11 is 0. The van der Waals surface area contributed by atoms with Gasteiger partial charge in [0.1, 0.15) is 0 Å². The lowest BCUT2D eigenvalue weighted by molar-refractivity contribution is 0.199. The Balaban J connectivity index is 2.13. The molecule has 2 N–H and O–H groups in total. The lowest BCUT2D eigenvalue weighted by Crippen LogP contribution is -2.32. The number of nitrogens with one attached hydrogen (secondary N) is 1. The van der Waals surface area contributed by atoms with Crippen LogP contribution in [-0.4, -0.2) is 19.6 Å². The average molecular weight is 269 g/mol. The van der Waals surface area contributed by atoms with Crippen LogP contribution in [-0.2, 0) is 10.0 Å². The first kappa shape index (κ1) is 13.5. The molecule has 1 fully saturated rings. The van der Waals surface area contributed by atoms with Gasteiger partial charge >= 0.3 is 0 Å². The van der Waals surface area contributed by atoms with E-state index in [9.17, 15) is 13.5 Å². The maximum Gasteiger partial charge on any atom is 0.240 e. The van der Waals surface area contributed by atoms with Gasteiger partial charge in [0.05, 0.1) is 11.0 Å². The van der Waals surface area contributed by atoms with Crippen LogP contribution in [0.3, 0.4) is 0 Å². The minimum absolute atomic E-state index is 0.0754. The molecule has 4 nitrogen and oxygen atoms in total. The molecule has 2 rings (SSSR count). The van der Waals surface area contributed by atoms with Gasteiger partial charge in [-0.2, -0.15) is 0 Å². The van der Waals surface area contributed by atoms with E-state index in [-0.39, 0.29) is 10.9 Å². The van der Waals surface area contributed by atoms with Gasteiger partial charge in [-0.25, -0.2) is 13.1 Å². The summed E-state index contributed by atoms with van der Waals surface area (Å²) in [5, 5.41) is 9.38. The summed E-state index contributed by atoms with van der Waals surface area (Å²) in [7, 11) is -3.42.